The zero-order valence-corrected chi connectivity index (χ0v) is 25.4. The molecule has 1 aliphatic heterocycles. The van der Waals surface area contributed by atoms with E-state index in [0.29, 0.717) is 39.7 Å². The van der Waals surface area contributed by atoms with Crippen molar-refractivity contribution in [3.05, 3.63) is 70.4 Å². The highest BCUT2D eigenvalue weighted by Gasteiger charge is 2.30. The molecule has 5 rings (SSSR count). The first-order valence-corrected chi connectivity index (χ1v) is 15.9. The molecular weight excluding hydrogens is 576 g/mol. The van der Waals surface area contributed by atoms with E-state index >= 15 is 0 Å². The predicted molar refractivity (Wildman–Crippen MR) is 161 cm³/mol. The van der Waals surface area contributed by atoms with Crippen LogP contribution >= 0.6 is 11.3 Å². The Morgan fingerprint density at radius 1 is 1.10 bits per heavy atom. The molecule has 0 fully saturated rings. The number of rotatable bonds is 9. The van der Waals surface area contributed by atoms with Gasteiger partial charge in [0.05, 0.1) is 16.0 Å². The second-order valence-electron chi connectivity index (χ2n) is 10.3. The first kappa shape index (κ1) is 29.5. The van der Waals surface area contributed by atoms with Crippen LogP contribution in [0.25, 0.3) is 10.9 Å². The molecule has 1 atom stereocenters. The minimum atomic E-state index is -3.88. The van der Waals surface area contributed by atoms with Crippen LogP contribution in [0.3, 0.4) is 0 Å². The summed E-state index contributed by atoms with van der Waals surface area (Å²) in [5, 5.41) is 11.8. The minimum absolute atomic E-state index is 0.00315. The topological polar surface area (TPSA) is 143 Å². The van der Waals surface area contributed by atoms with Gasteiger partial charge in [0.1, 0.15) is 5.01 Å². The Kier molecular flexibility index (Phi) is 8.53. The van der Waals surface area contributed by atoms with Gasteiger partial charge in [-0.15, -0.1) is 10.2 Å². The van der Waals surface area contributed by atoms with E-state index in [9.17, 15) is 18.0 Å². The van der Waals surface area contributed by atoms with Crippen LogP contribution in [0.1, 0.15) is 53.8 Å². The standard InChI is InChI=1S/C29H32N6O5S2/c1-5-25(27(36)30-19-10-12-20(13-11-19)42(38,39)34-29-33-32-18(4)41-29)40-28(37)26-21-8-6-7-9-23(21)31-24-14-15-35(17(2)3)16-22(24)26/h6-13,17,25H,5,14-16H2,1-4H3,(H,30,36)(H,33,34). The summed E-state index contributed by atoms with van der Waals surface area (Å²) in [5.74, 6) is -1.09. The number of aromatic nitrogens is 3. The number of anilines is 2. The number of esters is 1. The fourth-order valence-electron chi connectivity index (χ4n) is 4.85. The van der Waals surface area contributed by atoms with Crippen molar-refractivity contribution in [2.75, 3.05) is 16.6 Å². The minimum Gasteiger partial charge on any atom is -0.449 e. The Bertz CT molecular complexity index is 1740. The molecule has 1 amide bonds. The van der Waals surface area contributed by atoms with Crippen LogP contribution < -0.4 is 10.0 Å². The summed E-state index contributed by atoms with van der Waals surface area (Å²) in [4.78, 5) is 34.0. The Morgan fingerprint density at radius 3 is 2.50 bits per heavy atom. The molecule has 0 spiro atoms. The maximum absolute atomic E-state index is 13.7. The molecule has 3 heterocycles. The number of ether oxygens (including phenoxy) is 1. The molecule has 42 heavy (non-hydrogen) atoms. The molecule has 2 aromatic carbocycles. The number of fused-ring (bicyclic) bond motifs is 2. The van der Waals surface area contributed by atoms with Crippen LogP contribution in [-0.2, 0) is 32.5 Å². The fraction of sp³-hybridized carbons (Fsp3) is 0.345. The second-order valence-corrected chi connectivity index (χ2v) is 13.2. The second kappa shape index (κ2) is 12.1. The van der Waals surface area contributed by atoms with E-state index < -0.39 is 28.0 Å². The van der Waals surface area contributed by atoms with Crippen LogP contribution in [0.2, 0.25) is 0 Å². The van der Waals surface area contributed by atoms with Crippen molar-refractivity contribution in [2.45, 2.75) is 64.1 Å². The van der Waals surface area contributed by atoms with Gasteiger partial charge < -0.3 is 10.1 Å². The maximum Gasteiger partial charge on any atom is 0.340 e. The average molecular weight is 609 g/mol. The largest absolute Gasteiger partial charge is 0.449 e. The van der Waals surface area contributed by atoms with Crippen LogP contribution in [0.15, 0.2) is 53.4 Å². The van der Waals surface area contributed by atoms with E-state index in [0.717, 1.165) is 35.6 Å². The van der Waals surface area contributed by atoms with Crippen molar-refractivity contribution in [1.29, 1.82) is 0 Å². The molecule has 0 saturated heterocycles. The van der Waals surface area contributed by atoms with Gasteiger partial charge in [-0.25, -0.2) is 13.2 Å². The van der Waals surface area contributed by atoms with Gasteiger partial charge in [0.2, 0.25) is 5.13 Å². The van der Waals surface area contributed by atoms with Crippen LogP contribution in [0.4, 0.5) is 10.8 Å². The lowest BCUT2D eigenvalue weighted by Crippen LogP contribution is -2.38. The molecule has 2 N–H and O–H groups in total. The molecule has 1 aliphatic rings. The van der Waals surface area contributed by atoms with Gasteiger partial charge in [0, 0.05) is 47.9 Å². The van der Waals surface area contributed by atoms with Gasteiger partial charge in [-0.05, 0) is 57.5 Å². The molecule has 0 aliphatic carbocycles. The summed E-state index contributed by atoms with van der Waals surface area (Å²) in [6.45, 7) is 9.14. The zero-order valence-electron chi connectivity index (χ0n) is 23.7. The van der Waals surface area contributed by atoms with Crippen molar-refractivity contribution in [3.8, 4) is 0 Å². The summed E-state index contributed by atoms with van der Waals surface area (Å²) in [6, 6.07) is 13.4. The summed E-state index contributed by atoms with van der Waals surface area (Å²) in [6.07, 6.45) is -0.0909. The van der Waals surface area contributed by atoms with Gasteiger partial charge in [-0.3, -0.25) is 19.4 Å². The SMILES string of the molecule is CCC(OC(=O)c1c2c(nc3ccccc13)CCN(C(C)C)C2)C(=O)Nc1ccc(S(=O)(=O)Nc2nnc(C)s2)cc1. The van der Waals surface area contributed by atoms with E-state index in [1.807, 2.05) is 24.3 Å². The number of benzene rings is 2. The number of para-hydroxylation sites is 1. The molecule has 1 unspecified atom stereocenters. The highest BCUT2D eigenvalue weighted by Crippen LogP contribution is 2.30. The van der Waals surface area contributed by atoms with Gasteiger partial charge in [-0.1, -0.05) is 36.5 Å². The van der Waals surface area contributed by atoms with E-state index in [1.54, 1.807) is 13.8 Å². The fourth-order valence-corrected chi connectivity index (χ4v) is 6.67. The van der Waals surface area contributed by atoms with Crippen molar-refractivity contribution in [3.63, 3.8) is 0 Å². The number of hydrogen-bond donors (Lipinski definition) is 2. The summed E-state index contributed by atoms with van der Waals surface area (Å²) < 4.78 is 33.6. The number of nitrogens with zero attached hydrogens (tertiary/aromatic N) is 4. The van der Waals surface area contributed by atoms with E-state index in [-0.39, 0.29) is 16.4 Å². The maximum atomic E-state index is 13.7. The number of hydrogen-bond acceptors (Lipinski definition) is 10. The number of aryl methyl sites for hydroxylation is 1. The van der Waals surface area contributed by atoms with E-state index in [1.165, 1.54) is 24.3 Å². The summed E-state index contributed by atoms with van der Waals surface area (Å²) in [7, 11) is -3.88. The number of carbonyl (C=O) groups is 2. The van der Waals surface area contributed by atoms with Crippen molar-refractivity contribution < 1.29 is 22.7 Å². The van der Waals surface area contributed by atoms with Crippen molar-refractivity contribution in [2.24, 2.45) is 0 Å². The van der Waals surface area contributed by atoms with Gasteiger partial charge >= 0.3 is 5.97 Å². The zero-order chi connectivity index (χ0) is 30.0. The molecule has 0 radical (unpaired) electrons. The molecular formula is C29H32N6O5S2. The smallest absolute Gasteiger partial charge is 0.340 e. The molecule has 2 aromatic heterocycles. The Labute approximate surface area is 248 Å². The summed E-state index contributed by atoms with van der Waals surface area (Å²) in [5.41, 5.74) is 3.23. The lowest BCUT2D eigenvalue weighted by Gasteiger charge is -2.32. The normalized spacial score (nSPS) is 14.4. The third-order valence-electron chi connectivity index (χ3n) is 7.10. The number of nitrogens with one attached hydrogen (secondary N) is 2. The molecule has 0 saturated carbocycles. The third kappa shape index (κ3) is 6.27. The van der Waals surface area contributed by atoms with Crippen molar-refractivity contribution >= 4 is 55.0 Å². The molecule has 13 heteroatoms. The van der Waals surface area contributed by atoms with Crippen LogP contribution in [0, 0.1) is 6.92 Å². The lowest BCUT2D eigenvalue weighted by atomic mass is 9.95. The first-order valence-electron chi connectivity index (χ1n) is 13.6. The monoisotopic (exact) mass is 608 g/mol. The quantitative estimate of drug-likeness (QED) is 0.262. The predicted octanol–water partition coefficient (Wildman–Crippen LogP) is 4.54. The van der Waals surface area contributed by atoms with Crippen LogP contribution in [0.5, 0.6) is 0 Å². The number of sulfonamides is 1. The Morgan fingerprint density at radius 2 is 1.83 bits per heavy atom. The third-order valence-corrected chi connectivity index (χ3v) is 9.34. The number of pyridine rings is 1. The summed E-state index contributed by atoms with van der Waals surface area (Å²) >= 11 is 1.12. The average Bonchev–Trinajstić information content (AvgIpc) is 3.37. The molecule has 0 bridgehead atoms. The van der Waals surface area contributed by atoms with E-state index in [4.69, 9.17) is 9.72 Å². The first-order chi connectivity index (χ1) is 20.1. The highest BCUT2D eigenvalue weighted by molar-refractivity contribution is 7.93. The van der Waals surface area contributed by atoms with Crippen LogP contribution in [-0.4, -0.2) is 59.1 Å². The molecule has 220 valence electrons. The number of amides is 1. The van der Waals surface area contributed by atoms with Crippen molar-refractivity contribution in [1.82, 2.24) is 20.1 Å². The molecule has 11 nitrogen and oxygen atoms in total. The lowest BCUT2D eigenvalue weighted by molar-refractivity contribution is -0.124. The van der Waals surface area contributed by atoms with Gasteiger partial charge in [0.25, 0.3) is 15.9 Å². The molecule has 4 aromatic rings. The van der Waals surface area contributed by atoms with Gasteiger partial charge in [-0.2, -0.15) is 0 Å². The van der Waals surface area contributed by atoms with Gasteiger partial charge in [0.15, 0.2) is 6.10 Å². The highest BCUT2D eigenvalue weighted by atomic mass is 32.2. The van der Waals surface area contributed by atoms with E-state index in [2.05, 4.69) is 39.0 Å². The Balaban J connectivity index is 1.33. The Hall–Kier alpha value is -3.94. The number of carbonyl (C=O) groups excluding carboxylic acids is 2.